The van der Waals surface area contributed by atoms with Crippen molar-refractivity contribution in [3.8, 4) is 5.75 Å². The lowest BCUT2D eigenvalue weighted by molar-refractivity contribution is -0.122. The summed E-state index contributed by atoms with van der Waals surface area (Å²) in [6.07, 6.45) is 8.23. The van der Waals surface area contributed by atoms with Gasteiger partial charge in [0.2, 0.25) is 0 Å². The molecule has 4 rings (SSSR count). The van der Waals surface area contributed by atoms with Gasteiger partial charge in [0.25, 0.3) is 5.91 Å². The number of hydrogen-bond donors (Lipinski definition) is 1. The monoisotopic (exact) mass is 615 g/mol. The molecular formula is C33H46ClN3O4S. The number of ketones is 1. The fraction of sp³-hybridized carbons (Fsp3) is 0.545. The predicted molar refractivity (Wildman–Crippen MR) is 173 cm³/mol. The molecule has 230 valence electrons. The molecule has 1 aliphatic carbocycles. The predicted octanol–water partition coefficient (Wildman–Crippen LogP) is 7.06. The zero-order chi connectivity index (χ0) is 30.8. The molecule has 42 heavy (non-hydrogen) atoms. The number of aromatic nitrogens is 1. The summed E-state index contributed by atoms with van der Waals surface area (Å²) in [5, 5.41) is 0.505. The Labute approximate surface area is 259 Å². The summed E-state index contributed by atoms with van der Waals surface area (Å²) in [6, 6.07) is 9.44. The fourth-order valence-electron chi connectivity index (χ4n) is 5.37. The summed E-state index contributed by atoms with van der Waals surface area (Å²) in [4.78, 5) is 32.7. The number of nitrogens with one attached hydrogen (secondary N) is 1. The number of ether oxygens (including phenoxy) is 1. The first-order valence-electron chi connectivity index (χ1n) is 15.3. The number of rotatable bonds is 11. The SMILES string of the molecule is CC.CC/C=C/C(=O)C1CCC1CN1CC(c2ccc(Cl)cc2CCC)COc2ccc(C(=O)NS(=O)C(C)C)nc21. The first-order chi connectivity index (χ1) is 20.2. The highest BCUT2D eigenvalue weighted by atomic mass is 35.5. The number of nitrogens with zero attached hydrogens (tertiary/aromatic N) is 2. The highest BCUT2D eigenvalue weighted by Gasteiger charge is 2.38. The molecule has 4 unspecified atom stereocenters. The fourth-order valence-corrected chi connectivity index (χ4v) is 6.09. The number of aryl methyl sites for hydroxylation is 1. The van der Waals surface area contributed by atoms with Gasteiger partial charge in [0.15, 0.2) is 17.4 Å². The van der Waals surface area contributed by atoms with Gasteiger partial charge in [-0.1, -0.05) is 57.9 Å². The van der Waals surface area contributed by atoms with Crippen molar-refractivity contribution < 1.29 is 18.5 Å². The van der Waals surface area contributed by atoms with E-state index in [0.29, 0.717) is 36.3 Å². The lowest BCUT2D eigenvalue weighted by atomic mass is 9.71. The van der Waals surface area contributed by atoms with Gasteiger partial charge in [-0.25, -0.2) is 9.19 Å². The van der Waals surface area contributed by atoms with Crippen molar-refractivity contribution in [2.75, 3.05) is 24.6 Å². The van der Waals surface area contributed by atoms with Crippen LogP contribution < -0.4 is 14.4 Å². The quantitative estimate of drug-likeness (QED) is 0.272. The Hall–Kier alpha value is -2.71. The number of pyridine rings is 1. The molecule has 7 nitrogen and oxygen atoms in total. The van der Waals surface area contributed by atoms with Crippen LogP contribution in [0.4, 0.5) is 5.82 Å². The zero-order valence-corrected chi connectivity index (χ0v) is 27.4. The minimum atomic E-state index is -1.51. The van der Waals surface area contributed by atoms with Gasteiger partial charge in [-0.15, -0.1) is 0 Å². The van der Waals surface area contributed by atoms with E-state index < -0.39 is 16.9 Å². The molecule has 0 radical (unpaired) electrons. The van der Waals surface area contributed by atoms with Crippen molar-refractivity contribution in [1.29, 1.82) is 0 Å². The maximum atomic E-state index is 12.9. The summed E-state index contributed by atoms with van der Waals surface area (Å²) in [7, 11) is -1.51. The van der Waals surface area contributed by atoms with Gasteiger partial charge in [0, 0.05) is 35.2 Å². The molecule has 1 saturated carbocycles. The van der Waals surface area contributed by atoms with E-state index in [4.69, 9.17) is 21.3 Å². The van der Waals surface area contributed by atoms with E-state index >= 15 is 0 Å². The van der Waals surface area contributed by atoms with Crippen LogP contribution in [0.1, 0.15) is 94.8 Å². The van der Waals surface area contributed by atoms with E-state index in [9.17, 15) is 13.8 Å². The van der Waals surface area contributed by atoms with Crippen molar-refractivity contribution in [1.82, 2.24) is 9.71 Å². The van der Waals surface area contributed by atoms with Gasteiger partial charge in [-0.05, 0) is 86.9 Å². The lowest BCUT2D eigenvalue weighted by Crippen LogP contribution is -2.43. The second-order valence-corrected chi connectivity index (χ2v) is 13.1. The molecule has 4 atom stereocenters. The zero-order valence-electron chi connectivity index (χ0n) is 25.8. The topological polar surface area (TPSA) is 88.6 Å². The Kier molecular flexibility index (Phi) is 13.1. The molecule has 0 bridgehead atoms. The van der Waals surface area contributed by atoms with Gasteiger partial charge in [-0.2, -0.15) is 0 Å². The third kappa shape index (κ3) is 8.44. The van der Waals surface area contributed by atoms with Crippen molar-refractivity contribution in [3.05, 3.63) is 64.3 Å². The first kappa shape index (κ1) is 33.8. The second-order valence-electron chi connectivity index (χ2n) is 11.0. The third-order valence-corrected chi connectivity index (χ3v) is 9.17. The summed E-state index contributed by atoms with van der Waals surface area (Å²) >= 11 is 6.36. The standard InChI is InChI=1S/C31H40ClN3O4S.C2H6/c1-5-7-9-28(36)26-12-10-22(26)17-35-18-23(25-13-11-24(32)16-21(25)8-6-2)19-39-29-15-14-27(33-30(29)35)31(37)34-40(38)20(3)4;1-2/h7,9,11,13-16,20,22-23,26H,5-6,8,10,12,17-19H2,1-4H3,(H,34,37);1-2H3/b9-7+;. The molecule has 1 amide bonds. The number of anilines is 1. The second kappa shape index (κ2) is 16.2. The summed E-state index contributed by atoms with van der Waals surface area (Å²) < 4.78 is 21.1. The van der Waals surface area contributed by atoms with Crippen LogP contribution in [0.3, 0.4) is 0 Å². The molecule has 1 aromatic heterocycles. The number of carbonyl (C=O) groups is 2. The van der Waals surface area contributed by atoms with E-state index in [2.05, 4.69) is 22.6 Å². The Morgan fingerprint density at radius 1 is 1.19 bits per heavy atom. The summed E-state index contributed by atoms with van der Waals surface area (Å²) in [5.41, 5.74) is 2.59. The van der Waals surface area contributed by atoms with Crippen molar-refractivity contribution in [2.45, 2.75) is 84.8 Å². The number of allylic oxidation sites excluding steroid dienone is 2. The average molecular weight is 616 g/mol. The van der Waals surface area contributed by atoms with Gasteiger partial charge < -0.3 is 9.64 Å². The summed E-state index contributed by atoms with van der Waals surface area (Å²) in [6.45, 7) is 13.5. The molecular weight excluding hydrogens is 570 g/mol. The van der Waals surface area contributed by atoms with Crippen LogP contribution in [0.2, 0.25) is 5.02 Å². The smallest absolute Gasteiger partial charge is 0.281 e. The van der Waals surface area contributed by atoms with E-state index in [1.54, 1.807) is 32.1 Å². The largest absolute Gasteiger partial charge is 0.489 e. The maximum absolute atomic E-state index is 12.9. The van der Waals surface area contributed by atoms with Crippen LogP contribution in [0.5, 0.6) is 5.75 Å². The van der Waals surface area contributed by atoms with Crippen molar-refractivity contribution in [2.24, 2.45) is 11.8 Å². The molecule has 0 spiro atoms. The van der Waals surface area contributed by atoms with Crippen LogP contribution in [-0.4, -0.2) is 45.8 Å². The third-order valence-electron chi connectivity index (χ3n) is 7.69. The molecule has 0 saturated heterocycles. The molecule has 1 aliphatic heterocycles. The van der Waals surface area contributed by atoms with Gasteiger partial charge in [0.05, 0.1) is 6.61 Å². The number of fused-ring (bicyclic) bond motifs is 1. The van der Waals surface area contributed by atoms with E-state index in [1.165, 1.54) is 11.1 Å². The molecule has 1 N–H and O–H groups in total. The molecule has 2 heterocycles. The Balaban J connectivity index is 0.00000237. The van der Waals surface area contributed by atoms with Crippen LogP contribution in [0, 0.1) is 11.8 Å². The normalized spacial score (nSPS) is 20.5. The Bertz CT molecular complexity index is 1280. The maximum Gasteiger partial charge on any atom is 0.281 e. The van der Waals surface area contributed by atoms with E-state index in [1.807, 2.05) is 39.0 Å². The molecule has 1 aromatic carbocycles. The highest BCUT2D eigenvalue weighted by Crippen LogP contribution is 2.40. The highest BCUT2D eigenvalue weighted by molar-refractivity contribution is 7.84. The molecule has 1 fully saturated rings. The van der Waals surface area contributed by atoms with E-state index in [0.717, 1.165) is 32.1 Å². The molecule has 2 aliphatic rings. The number of carbonyl (C=O) groups excluding carboxylic acids is 2. The van der Waals surface area contributed by atoms with Crippen LogP contribution in [0.15, 0.2) is 42.5 Å². The minimum absolute atomic E-state index is 0.0139. The molecule has 2 aromatic rings. The van der Waals surface area contributed by atoms with Crippen molar-refractivity contribution >= 4 is 40.1 Å². The lowest BCUT2D eigenvalue weighted by Gasteiger charge is -2.39. The van der Waals surface area contributed by atoms with Crippen LogP contribution in [0.25, 0.3) is 0 Å². The van der Waals surface area contributed by atoms with Gasteiger partial charge >= 0.3 is 0 Å². The van der Waals surface area contributed by atoms with Crippen molar-refractivity contribution in [3.63, 3.8) is 0 Å². The first-order valence-corrected chi connectivity index (χ1v) is 16.9. The average Bonchev–Trinajstić information content (AvgIpc) is 3.14. The number of halogens is 1. The molecule has 9 heteroatoms. The summed E-state index contributed by atoms with van der Waals surface area (Å²) in [5.74, 6) is 1.10. The number of amides is 1. The van der Waals surface area contributed by atoms with Gasteiger partial charge in [0.1, 0.15) is 16.7 Å². The van der Waals surface area contributed by atoms with E-state index in [-0.39, 0.29) is 34.5 Å². The van der Waals surface area contributed by atoms with Crippen LogP contribution in [-0.2, 0) is 22.2 Å². The Morgan fingerprint density at radius 3 is 2.60 bits per heavy atom. The minimum Gasteiger partial charge on any atom is -0.489 e. The van der Waals surface area contributed by atoms with Crippen LogP contribution >= 0.6 is 11.6 Å². The Morgan fingerprint density at radius 2 is 1.95 bits per heavy atom. The number of benzene rings is 1. The van der Waals surface area contributed by atoms with Gasteiger partial charge in [-0.3, -0.25) is 14.3 Å². The number of hydrogen-bond acceptors (Lipinski definition) is 6.